The van der Waals surface area contributed by atoms with Crippen molar-refractivity contribution in [3.8, 4) is 0 Å². The van der Waals surface area contributed by atoms with Crippen molar-refractivity contribution < 1.29 is 19.1 Å². The minimum Gasteiger partial charge on any atom is -0.460 e. The van der Waals surface area contributed by atoms with E-state index in [4.69, 9.17) is 4.74 Å². The zero-order chi connectivity index (χ0) is 21.2. The molecule has 0 radical (unpaired) electrons. The zero-order valence-corrected chi connectivity index (χ0v) is 18.1. The number of Topliss-reactive ketones (excluding diaryl/α,β-unsaturated/α-hetero) is 1. The Morgan fingerprint density at radius 1 is 1.10 bits per heavy atom. The van der Waals surface area contributed by atoms with E-state index in [9.17, 15) is 14.4 Å². The maximum atomic E-state index is 13.2. The van der Waals surface area contributed by atoms with Gasteiger partial charge in [0.15, 0.2) is 0 Å². The molecule has 2 atom stereocenters. The molecule has 1 unspecified atom stereocenters. The highest BCUT2D eigenvalue weighted by Crippen LogP contribution is 2.27. The number of rotatable bonds is 11. The predicted octanol–water partition coefficient (Wildman–Crippen LogP) is 4.18. The van der Waals surface area contributed by atoms with Crippen molar-refractivity contribution in [2.45, 2.75) is 71.8 Å². The highest BCUT2D eigenvalue weighted by atomic mass is 16.5. The summed E-state index contributed by atoms with van der Waals surface area (Å²) in [5.74, 6) is -1.29. The molecule has 0 bridgehead atoms. The van der Waals surface area contributed by atoms with E-state index in [1.54, 1.807) is 11.8 Å². The lowest BCUT2D eigenvalue weighted by atomic mass is 9.88. The molecule has 1 amide bonds. The standard InChI is InChI=1S/C24H35NO4/c1-4-29-24(28)22(26)21-16-11-17-25(21)23(27)20(18(2)3)15-10-6-9-14-19-12-7-5-8-13-19/h5,7-8,12-13,18,20-21H,4,6,9-11,14-17H2,1-3H3/t20?,21-/m0/s1. The number of carbonyl (C=O) groups excluding carboxylic acids is 3. The molecular weight excluding hydrogens is 366 g/mol. The Balaban J connectivity index is 1.87. The average Bonchev–Trinajstić information content (AvgIpc) is 3.20. The quantitative estimate of drug-likeness (QED) is 0.317. The first-order chi connectivity index (χ1) is 14.0. The second kappa shape index (κ2) is 11.7. The molecule has 0 spiro atoms. The number of unbranched alkanes of at least 4 members (excludes halogenated alkanes) is 2. The molecule has 1 saturated heterocycles. The van der Waals surface area contributed by atoms with Gasteiger partial charge in [-0.15, -0.1) is 0 Å². The SMILES string of the molecule is CCOC(=O)C(=O)[C@@H]1CCCN1C(=O)C(CCCCCc1ccccc1)C(C)C. The third-order valence-electron chi connectivity index (χ3n) is 5.76. The Kier molecular flexibility index (Phi) is 9.36. The Bertz CT molecular complexity index is 671. The van der Waals surface area contributed by atoms with Gasteiger partial charge in [-0.3, -0.25) is 9.59 Å². The number of likely N-dealkylation sites (tertiary alicyclic amines) is 1. The van der Waals surface area contributed by atoms with Crippen molar-refractivity contribution in [3.05, 3.63) is 35.9 Å². The van der Waals surface area contributed by atoms with E-state index in [-0.39, 0.29) is 24.3 Å². The highest BCUT2D eigenvalue weighted by molar-refractivity contribution is 6.36. The van der Waals surface area contributed by atoms with E-state index in [0.717, 1.165) is 38.5 Å². The first-order valence-corrected chi connectivity index (χ1v) is 11.0. The summed E-state index contributed by atoms with van der Waals surface area (Å²) in [5.41, 5.74) is 1.35. The normalized spacial score (nSPS) is 17.4. The number of hydrogen-bond acceptors (Lipinski definition) is 4. The molecule has 5 heteroatoms. The zero-order valence-electron chi connectivity index (χ0n) is 18.1. The number of amides is 1. The van der Waals surface area contributed by atoms with Crippen LogP contribution < -0.4 is 0 Å². The largest absolute Gasteiger partial charge is 0.460 e. The number of ketones is 1. The minimum atomic E-state index is -0.820. The van der Waals surface area contributed by atoms with Crippen LogP contribution in [0.1, 0.15) is 64.9 Å². The van der Waals surface area contributed by atoms with Gasteiger partial charge in [0.25, 0.3) is 5.78 Å². The summed E-state index contributed by atoms with van der Waals surface area (Å²) in [6.45, 7) is 6.51. The predicted molar refractivity (Wildman–Crippen MR) is 113 cm³/mol. The van der Waals surface area contributed by atoms with Gasteiger partial charge in [0.05, 0.1) is 6.61 Å². The van der Waals surface area contributed by atoms with Gasteiger partial charge in [0.2, 0.25) is 5.91 Å². The number of nitrogens with zero attached hydrogens (tertiary/aromatic N) is 1. The molecule has 29 heavy (non-hydrogen) atoms. The summed E-state index contributed by atoms with van der Waals surface area (Å²) in [5, 5.41) is 0. The van der Waals surface area contributed by atoms with Crippen LogP contribution in [-0.4, -0.2) is 41.8 Å². The molecule has 1 fully saturated rings. The molecule has 1 heterocycles. The maximum Gasteiger partial charge on any atom is 0.376 e. The number of ether oxygens (including phenoxy) is 1. The topological polar surface area (TPSA) is 63.7 Å². The molecule has 1 aromatic carbocycles. The van der Waals surface area contributed by atoms with E-state index in [2.05, 4.69) is 38.1 Å². The molecule has 0 aromatic heterocycles. The Morgan fingerprint density at radius 2 is 1.83 bits per heavy atom. The molecular formula is C24H35NO4. The van der Waals surface area contributed by atoms with E-state index in [1.807, 2.05) is 6.07 Å². The molecule has 160 valence electrons. The van der Waals surface area contributed by atoms with Crippen LogP contribution in [0, 0.1) is 11.8 Å². The van der Waals surface area contributed by atoms with Crippen LogP contribution in [0.25, 0.3) is 0 Å². The van der Waals surface area contributed by atoms with Crippen molar-refractivity contribution in [1.82, 2.24) is 4.90 Å². The summed E-state index contributed by atoms with van der Waals surface area (Å²) in [6.07, 6.45) is 6.36. The monoisotopic (exact) mass is 401 g/mol. The smallest absolute Gasteiger partial charge is 0.376 e. The Labute approximate surface area is 174 Å². The number of hydrogen-bond donors (Lipinski definition) is 0. The summed E-state index contributed by atoms with van der Waals surface area (Å²) in [4.78, 5) is 39.1. The van der Waals surface area contributed by atoms with E-state index in [0.29, 0.717) is 13.0 Å². The maximum absolute atomic E-state index is 13.2. The van der Waals surface area contributed by atoms with Gasteiger partial charge < -0.3 is 9.64 Å². The fourth-order valence-corrected chi connectivity index (χ4v) is 4.11. The van der Waals surface area contributed by atoms with Crippen molar-refractivity contribution in [2.75, 3.05) is 13.2 Å². The lowest BCUT2D eigenvalue weighted by molar-refractivity contribution is -0.157. The first kappa shape index (κ1) is 23.1. The lowest BCUT2D eigenvalue weighted by Crippen LogP contribution is -2.47. The molecule has 2 rings (SSSR count). The third kappa shape index (κ3) is 6.69. The van der Waals surface area contributed by atoms with Gasteiger partial charge in [-0.2, -0.15) is 0 Å². The lowest BCUT2D eigenvalue weighted by Gasteiger charge is -2.29. The summed E-state index contributed by atoms with van der Waals surface area (Å²) in [7, 11) is 0. The molecule has 0 saturated carbocycles. The summed E-state index contributed by atoms with van der Waals surface area (Å²) in [6, 6.07) is 9.80. The molecule has 1 aliphatic rings. The van der Waals surface area contributed by atoms with E-state index >= 15 is 0 Å². The van der Waals surface area contributed by atoms with Crippen LogP contribution in [0.3, 0.4) is 0 Å². The first-order valence-electron chi connectivity index (χ1n) is 11.0. The van der Waals surface area contributed by atoms with Crippen molar-refractivity contribution in [2.24, 2.45) is 11.8 Å². The average molecular weight is 402 g/mol. The Morgan fingerprint density at radius 3 is 2.48 bits per heavy atom. The van der Waals surface area contributed by atoms with E-state index in [1.165, 1.54) is 5.56 Å². The number of aryl methyl sites for hydroxylation is 1. The molecule has 1 aliphatic heterocycles. The second-order valence-corrected chi connectivity index (χ2v) is 8.21. The number of carbonyl (C=O) groups is 3. The van der Waals surface area contributed by atoms with Crippen LogP contribution >= 0.6 is 0 Å². The minimum absolute atomic E-state index is 0.0169. The third-order valence-corrected chi connectivity index (χ3v) is 5.76. The fourth-order valence-electron chi connectivity index (χ4n) is 4.11. The highest BCUT2D eigenvalue weighted by Gasteiger charge is 2.40. The van der Waals surface area contributed by atoms with Crippen LogP contribution in [-0.2, 0) is 25.5 Å². The number of benzene rings is 1. The van der Waals surface area contributed by atoms with Crippen molar-refractivity contribution in [3.63, 3.8) is 0 Å². The van der Waals surface area contributed by atoms with Crippen molar-refractivity contribution in [1.29, 1.82) is 0 Å². The van der Waals surface area contributed by atoms with Crippen molar-refractivity contribution >= 4 is 17.7 Å². The summed E-state index contributed by atoms with van der Waals surface area (Å²) >= 11 is 0. The van der Waals surface area contributed by atoms with E-state index < -0.39 is 17.8 Å². The molecule has 0 aliphatic carbocycles. The van der Waals surface area contributed by atoms with Crippen LogP contribution in [0.5, 0.6) is 0 Å². The van der Waals surface area contributed by atoms with Crippen LogP contribution in [0.15, 0.2) is 30.3 Å². The molecule has 0 N–H and O–H groups in total. The second-order valence-electron chi connectivity index (χ2n) is 8.21. The van der Waals surface area contributed by atoms with Crippen LogP contribution in [0.4, 0.5) is 0 Å². The fraction of sp³-hybridized carbons (Fsp3) is 0.625. The van der Waals surface area contributed by atoms with Gasteiger partial charge in [0, 0.05) is 12.5 Å². The molecule has 1 aromatic rings. The van der Waals surface area contributed by atoms with Crippen LogP contribution in [0.2, 0.25) is 0 Å². The van der Waals surface area contributed by atoms with Gasteiger partial charge in [-0.05, 0) is 50.5 Å². The van der Waals surface area contributed by atoms with Gasteiger partial charge >= 0.3 is 5.97 Å². The number of esters is 1. The Hall–Kier alpha value is -2.17. The van der Waals surface area contributed by atoms with Gasteiger partial charge in [-0.25, -0.2) is 4.79 Å². The molecule has 5 nitrogen and oxygen atoms in total. The van der Waals surface area contributed by atoms with Gasteiger partial charge in [-0.1, -0.05) is 57.0 Å². The van der Waals surface area contributed by atoms with Gasteiger partial charge in [0.1, 0.15) is 6.04 Å². The summed E-state index contributed by atoms with van der Waals surface area (Å²) < 4.78 is 4.85.